The van der Waals surface area contributed by atoms with Crippen LogP contribution in [0.15, 0.2) is 180 Å². The molecule has 0 saturated carbocycles. The van der Waals surface area contributed by atoms with Crippen LogP contribution in [0.1, 0.15) is 49.9 Å². The smallest absolute Gasteiger partial charge is 0.136 e. The molecule has 268 valence electrons. The Bertz CT molecular complexity index is 3050. The molecule has 0 saturated heterocycles. The van der Waals surface area contributed by atoms with Gasteiger partial charge in [-0.1, -0.05) is 173 Å². The lowest BCUT2D eigenvalue weighted by Gasteiger charge is -2.32. The Morgan fingerprint density at radius 1 is 0.339 bits per heavy atom. The predicted octanol–water partition coefficient (Wildman–Crippen LogP) is 15.0. The fourth-order valence-electron chi connectivity index (χ4n) is 10.1. The van der Waals surface area contributed by atoms with E-state index < -0.39 is 0 Å². The van der Waals surface area contributed by atoms with Crippen molar-refractivity contribution in [1.29, 1.82) is 0 Å². The first-order valence-electron chi connectivity index (χ1n) is 19.7. The summed E-state index contributed by atoms with van der Waals surface area (Å²) in [5, 5.41) is 2.26. The number of furan rings is 1. The van der Waals surface area contributed by atoms with Crippen molar-refractivity contribution in [3.05, 3.63) is 198 Å². The van der Waals surface area contributed by atoms with Gasteiger partial charge in [0.15, 0.2) is 0 Å². The lowest BCUT2D eigenvalue weighted by molar-refractivity contribution is 0.660. The summed E-state index contributed by atoms with van der Waals surface area (Å²) in [6.07, 6.45) is 0. The fraction of sp³-hybridized carbons (Fsp3) is 0.111. The summed E-state index contributed by atoms with van der Waals surface area (Å²) in [5.41, 5.74) is 20.4. The highest BCUT2D eigenvalue weighted by Gasteiger charge is 2.40. The van der Waals surface area contributed by atoms with Crippen LogP contribution in [-0.2, 0) is 10.8 Å². The van der Waals surface area contributed by atoms with Crippen molar-refractivity contribution in [2.45, 2.75) is 38.5 Å². The van der Waals surface area contributed by atoms with E-state index >= 15 is 0 Å². The van der Waals surface area contributed by atoms with Gasteiger partial charge in [0.1, 0.15) is 11.2 Å². The number of rotatable bonds is 5. The molecule has 0 radical (unpaired) electrons. The van der Waals surface area contributed by atoms with E-state index in [4.69, 9.17) is 4.42 Å². The largest absolute Gasteiger partial charge is 0.456 e. The van der Waals surface area contributed by atoms with E-state index in [2.05, 4.69) is 202 Å². The predicted molar refractivity (Wildman–Crippen MR) is 234 cm³/mol. The van der Waals surface area contributed by atoms with Gasteiger partial charge in [-0.25, -0.2) is 0 Å². The SMILES string of the molecule is CC1(C)c2ccccc2-c2c(-c3ccccc3N(c3ccccc3-c3cccc4oc5ccccc5c34)c3cccc4c3-c3ccccc3C4(C)C)cccc21. The zero-order valence-electron chi connectivity index (χ0n) is 32.1. The first-order valence-corrected chi connectivity index (χ1v) is 19.7. The van der Waals surface area contributed by atoms with Crippen molar-refractivity contribution in [2.24, 2.45) is 0 Å². The molecule has 0 fully saturated rings. The Morgan fingerprint density at radius 2 is 0.768 bits per heavy atom. The van der Waals surface area contributed by atoms with Crippen LogP contribution in [0.25, 0.3) is 66.4 Å². The lowest BCUT2D eigenvalue weighted by Crippen LogP contribution is -2.16. The lowest BCUT2D eigenvalue weighted by atomic mass is 9.82. The Kier molecular flexibility index (Phi) is 6.98. The van der Waals surface area contributed by atoms with Crippen LogP contribution in [0.4, 0.5) is 17.1 Å². The summed E-state index contributed by atoms with van der Waals surface area (Å²) >= 11 is 0. The van der Waals surface area contributed by atoms with E-state index in [0.717, 1.165) is 50.1 Å². The molecule has 1 aromatic heterocycles. The molecule has 9 aromatic rings. The third-order valence-electron chi connectivity index (χ3n) is 12.7. The zero-order valence-corrected chi connectivity index (χ0v) is 32.1. The van der Waals surface area contributed by atoms with E-state index in [1.165, 1.54) is 55.6 Å². The summed E-state index contributed by atoms with van der Waals surface area (Å²) in [6, 6.07) is 64.6. The normalized spacial score (nSPS) is 14.4. The third-order valence-corrected chi connectivity index (χ3v) is 12.7. The average Bonchev–Trinajstić information content (AvgIpc) is 3.82. The maximum absolute atomic E-state index is 6.46. The summed E-state index contributed by atoms with van der Waals surface area (Å²) in [6.45, 7) is 9.46. The molecule has 0 bridgehead atoms. The van der Waals surface area contributed by atoms with Crippen LogP contribution in [-0.4, -0.2) is 0 Å². The molecule has 1 heterocycles. The van der Waals surface area contributed by atoms with E-state index in [1.54, 1.807) is 0 Å². The van der Waals surface area contributed by atoms with E-state index in [0.29, 0.717) is 0 Å². The van der Waals surface area contributed by atoms with Gasteiger partial charge in [-0.3, -0.25) is 0 Å². The van der Waals surface area contributed by atoms with Gasteiger partial charge >= 0.3 is 0 Å². The van der Waals surface area contributed by atoms with Gasteiger partial charge in [-0.2, -0.15) is 0 Å². The van der Waals surface area contributed by atoms with Gasteiger partial charge in [0.2, 0.25) is 0 Å². The molecule has 8 aromatic carbocycles. The molecular weight excluding hydrogens is 679 g/mol. The number of benzene rings is 8. The fourth-order valence-corrected chi connectivity index (χ4v) is 10.1. The average molecular weight is 720 g/mol. The first-order chi connectivity index (χ1) is 27.3. The molecule has 0 aliphatic heterocycles. The number of para-hydroxylation sites is 3. The maximum Gasteiger partial charge on any atom is 0.136 e. The summed E-state index contributed by atoms with van der Waals surface area (Å²) < 4.78 is 6.46. The second-order valence-electron chi connectivity index (χ2n) is 16.4. The minimum Gasteiger partial charge on any atom is -0.456 e. The van der Waals surface area contributed by atoms with Crippen LogP contribution >= 0.6 is 0 Å². The highest BCUT2D eigenvalue weighted by molar-refractivity contribution is 6.14. The van der Waals surface area contributed by atoms with E-state index in [-0.39, 0.29) is 10.8 Å². The topological polar surface area (TPSA) is 16.4 Å². The van der Waals surface area contributed by atoms with Crippen molar-refractivity contribution in [3.63, 3.8) is 0 Å². The molecule has 0 atom stereocenters. The number of fused-ring (bicyclic) bond motifs is 9. The molecule has 2 nitrogen and oxygen atoms in total. The summed E-state index contributed by atoms with van der Waals surface area (Å²) in [4.78, 5) is 2.55. The summed E-state index contributed by atoms with van der Waals surface area (Å²) in [5.74, 6) is 0. The molecule has 0 N–H and O–H groups in total. The van der Waals surface area contributed by atoms with Crippen LogP contribution in [0.5, 0.6) is 0 Å². The molecule has 56 heavy (non-hydrogen) atoms. The number of nitrogens with zero attached hydrogens (tertiary/aromatic N) is 1. The Labute approximate surface area is 328 Å². The monoisotopic (exact) mass is 719 g/mol. The first kappa shape index (κ1) is 32.8. The highest BCUT2D eigenvalue weighted by atomic mass is 16.3. The quantitative estimate of drug-likeness (QED) is 0.176. The Hall–Kier alpha value is -6.64. The van der Waals surface area contributed by atoms with Gasteiger partial charge < -0.3 is 9.32 Å². The van der Waals surface area contributed by atoms with Crippen LogP contribution in [0.2, 0.25) is 0 Å². The van der Waals surface area contributed by atoms with E-state index in [1.807, 2.05) is 6.07 Å². The zero-order chi connectivity index (χ0) is 37.8. The molecular formula is C54H41NO. The molecule has 2 aliphatic carbocycles. The van der Waals surface area contributed by atoms with Gasteiger partial charge in [0.05, 0.1) is 17.1 Å². The van der Waals surface area contributed by atoms with Crippen LogP contribution in [0.3, 0.4) is 0 Å². The molecule has 0 unspecified atom stereocenters. The molecule has 11 rings (SSSR count). The van der Waals surface area contributed by atoms with Gasteiger partial charge in [0, 0.05) is 38.3 Å². The van der Waals surface area contributed by atoms with E-state index in [9.17, 15) is 0 Å². The minimum atomic E-state index is -0.149. The molecule has 2 heteroatoms. The van der Waals surface area contributed by atoms with Crippen molar-refractivity contribution in [2.75, 3.05) is 4.90 Å². The third kappa shape index (κ3) is 4.50. The maximum atomic E-state index is 6.46. The Balaban J connectivity index is 1.24. The van der Waals surface area contributed by atoms with Crippen LogP contribution in [0, 0.1) is 0 Å². The van der Waals surface area contributed by atoms with Crippen molar-refractivity contribution in [3.8, 4) is 44.5 Å². The van der Waals surface area contributed by atoms with Gasteiger partial charge in [-0.15, -0.1) is 0 Å². The molecule has 2 aliphatic rings. The molecule has 0 amide bonds. The second kappa shape index (κ2) is 11.9. The number of anilines is 3. The number of hydrogen-bond donors (Lipinski definition) is 0. The summed E-state index contributed by atoms with van der Waals surface area (Å²) in [7, 11) is 0. The Morgan fingerprint density at radius 3 is 1.46 bits per heavy atom. The molecule has 0 spiro atoms. The standard InChI is InChI=1S/C54H41NO/c1-53(2)41-25-10-5-20-38(41)50-36(23-15-27-43(50)53)34-18-7-12-29-45(34)55(47-31-17-28-44-52(47)39-21-6-11-26-42(39)54(44,3)4)46-30-13-8-19-35(46)37-24-16-33-49-51(37)40-22-9-14-32-48(40)56-49/h5-33H,1-4H3. The van der Waals surface area contributed by atoms with Crippen molar-refractivity contribution < 1.29 is 4.42 Å². The van der Waals surface area contributed by atoms with Gasteiger partial charge in [-0.05, 0) is 80.4 Å². The van der Waals surface area contributed by atoms with Crippen LogP contribution < -0.4 is 4.90 Å². The highest BCUT2D eigenvalue weighted by Crippen LogP contribution is 2.58. The second-order valence-corrected chi connectivity index (χ2v) is 16.4. The van der Waals surface area contributed by atoms with Crippen molar-refractivity contribution >= 4 is 39.0 Å². The minimum absolute atomic E-state index is 0.106. The van der Waals surface area contributed by atoms with Crippen molar-refractivity contribution in [1.82, 2.24) is 0 Å². The number of hydrogen-bond acceptors (Lipinski definition) is 2. The van der Waals surface area contributed by atoms with Gasteiger partial charge in [0.25, 0.3) is 0 Å².